The SMILES string of the molecule is CCCCN(CC)P(Cl)(N(CC)CCCC)(N1CCN(C)CC1)N1CCN(C)CC1. The van der Waals surface area contributed by atoms with Crippen molar-refractivity contribution in [3.63, 3.8) is 0 Å². The Bertz CT molecular complexity index is 435. The molecule has 6 nitrogen and oxygen atoms in total. The number of hydrogen-bond donors (Lipinski definition) is 0. The summed E-state index contributed by atoms with van der Waals surface area (Å²) in [6.07, 6.45) is 4.86. The Balaban J connectivity index is 2.61. The fourth-order valence-electron chi connectivity index (χ4n) is 5.18. The van der Waals surface area contributed by atoms with Gasteiger partial charge in [-0.2, -0.15) is 0 Å². The van der Waals surface area contributed by atoms with E-state index in [1.807, 2.05) is 0 Å². The van der Waals surface area contributed by atoms with Crippen molar-refractivity contribution in [2.75, 3.05) is 92.6 Å². The Morgan fingerprint density at radius 3 is 1.23 bits per heavy atom. The normalized spacial score (nSPS) is 22.6. The molecule has 0 aromatic heterocycles. The molecule has 0 bridgehead atoms. The molecule has 0 aromatic carbocycles. The number of hydrogen-bond acceptors (Lipinski definition) is 6. The Morgan fingerprint density at radius 2 is 0.967 bits per heavy atom. The first-order valence-electron chi connectivity index (χ1n) is 12.5. The third-order valence-electron chi connectivity index (χ3n) is 7.17. The molecule has 0 aromatic rings. The molecule has 0 N–H and O–H groups in total. The summed E-state index contributed by atoms with van der Waals surface area (Å²) in [5.74, 6) is 0. The Morgan fingerprint density at radius 1 is 0.633 bits per heavy atom. The summed E-state index contributed by atoms with van der Waals surface area (Å²) >= 11 is 8.45. The molecule has 0 amide bonds. The van der Waals surface area contributed by atoms with E-state index in [0.717, 1.165) is 78.5 Å². The monoisotopic (exact) mass is 464 g/mol. The molecular weight excluding hydrogens is 415 g/mol. The van der Waals surface area contributed by atoms with E-state index in [9.17, 15) is 0 Å². The van der Waals surface area contributed by atoms with Crippen LogP contribution in [0.1, 0.15) is 53.4 Å². The number of likely N-dealkylation sites (N-methyl/N-ethyl adjacent to an activating group) is 2. The van der Waals surface area contributed by atoms with Crippen LogP contribution in [0.2, 0.25) is 0 Å². The number of nitrogens with zero attached hydrogens (tertiary/aromatic N) is 6. The second-order valence-corrected chi connectivity index (χ2v) is 14.9. The second kappa shape index (κ2) is 12.1. The van der Waals surface area contributed by atoms with Gasteiger partial charge in [-0.15, -0.1) is 0 Å². The Labute approximate surface area is 192 Å². The second-order valence-electron chi connectivity index (χ2n) is 9.15. The van der Waals surface area contributed by atoms with E-state index in [-0.39, 0.29) is 0 Å². The van der Waals surface area contributed by atoms with Crippen LogP contribution in [0.3, 0.4) is 0 Å². The average Bonchev–Trinajstić information content (AvgIpc) is 2.75. The number of rotatable bonds is 12. The molecule has 180 valence electrons. The van der Waals surface area contributed by atoms with E-state index in [1.165, 1.54) is 25.7 Å². The van der Waals surface area contributed by atoms with E-state index >= 15 is 0 Å². The standard InChI is InChI=1S/C22H50ClN6P/c1-7-11-13-26(9-3)30(23,27(10-4)14-12-8-2,28-19-15-24(5)16-20-28)29-21-17-25(6)18-22-29/h7-22H2,1-6H3. The van der Waals surface area contributed by atoms with Crippen LogP contribution in [0.5, 0.6) is 0 Å². The van der Waals surface area contributed by atoms with Gasteiger partial charge in [0, 0.05) is 0 Å². The number of unbranched alkanes of at least 4 members (excludes halogenated alkanes) is 2. The van der Waals surface area contributed by atoms with E-state index in [2.05, 4.69) is 70.3 Å². The molecule has 8 heteroatoms. The molecule has 2 heterocycles. The molecular formula is C22H50ClN6P. The van der Waals surface area contributed by atoms with Crippen molar-refractivity contribution in [3.8, 4) is 0 Å². The van der Waals surface area contributed by atoms with Crippen LogP contribution in [0, 0.1) is 0 Å². The maximum atomic E-state index is 8.45. The average molecular weight is 465 g/mol. The maximum absolute atomic E-state index is 8.45. The van der Waals surface area contributed by atoms with Crippen LogP contribution in [0.25, 0.3) is 0 Å². The first-order valence-corrected chi connectivity index (χ1v) is 15.4. The third-order valence-corrected chi connectivity index (χ3v) is 15.4. The quantitative estimate of drug-likeness (QED) is 0.402. The van der Waals surface area contributed by atoms with E-state index < -0.39 is 6.56 Å². The van der Waals surface area contributed by atoms with E-state index in [0.29, 0.717) is 0 Å². The van der Waals surface area contributed by atoms with Crippen LogP contribution >= 0.6 is 17.8 Å². The number of halogens is 1. The summed E-state index contributed by atoms with van der Waals surface area (Å²) in [4.78, 5) is 4.92. The molecule has 2 fully saturated rings. The van der Waals surface area contributed by atoms with Gasteiger partial charge in [0.1, 0.15) is 0 Å². The predicted molar refractivity (Wildman–Crippen MR) is 135 cm³/mol. The van der Waals surface area contributed by atoms with Crippen molar-refractivity contribution in [3.05, 3.63) is 0 Å². The first-order chi connectivity index (χ1) is 14.4. The molecule has 0 atom stereocenters. The summed E-state index contributed by atoms with van der Waals surface area (Å²) < 4.78 is 11.0. The molecule has 30 heavy (non-hydrogen) atoms. The fourth-order valence-corrected chi connectivity index (χ4v) is 13.0. The van der Waals surface area contributed by atoms with Gasteiger partial charge in [0.15, 0.2) is 0 Å². The van der Waals surface area contributed by atoms with E-state index in [4.69, 9.17) is 11.2 Å². The zero-order valence-corrected chi connectivity index (χ0v) is 22.5. The van der Waals surface area contributed by atoms with Crippen LogP contribution in [-0.4, -0.2) is 121 Å². The summed E-state index contributed by atoms with van der Waals surface area (Å²) in [6, 6.07) is 0. The first kappa shape index (κ1) is 26.7. The molecule has 0 unspecified atom stereocenters. The summed E-state index contributed by atoms with van der Waals surface area (Å²) in [5.41, 5.74) is 0. The van der Waals surface area contributed by atoms with E-state index in [1.54, 1.807) is 0 Å². The summed E-state index contributed by atoms with van der Waals surface area (Å²) in [5, 5.41) is 0. The molecule has 0 aliphatic carbocycles. The van der Waals surface area contributed by atoms with Crippen molar-refractivity contribution < 1.29 is 0 Å². The van der Waals surface area contributed by atoms with Gasteiger partial charge < -0.3 is 0 Å². The van der Waals surface area contributed by atoms with Gasteiger partial charge in [0.05, 0.1) is 0 Å². The topological polar surface area (TPSA) is 19.4 Å². The molecule has 0 radical (unpaired) electrons. The van der Waals surface area contributed by atoms with Crippen molar-refractivity contribution in [2.24, 2.45) is 0 Å². The minimum absolute atomic E-state index is 1.02. The van der Waals surface area contributed by atoms with Gasteiger partial charge in [0.2, 0.25) is 0 Å². The van der Waals surface area contributed by atoms with Gasteiger partial charge in [0.25, 0.3) is 0 Å². The van der Waals surface area contributed by atoms with Crippen LogP contribution in [0.4, 0.5) is 0 Å². The van der Waals surface area contributed by atoms with Crippen molar-refractivity contribution in [1.82, 2.24) is 28.5 Å². The fraction of sp³-hybridized carbons (Fsp3) is 1.00. The van der Waals surface area contributed by atoms with Crippen molar-refractivity contribution >= 4 is 17.8 Å². The van der Waals surface area contributed by atoms with Crippen molar-refractivity contribution in [2.45, 2.75) is 53.4 Å². The molecule has 2 aliphatic heterocycles. The predicted octanol–water partition coefficient (Wildman–Crippen LogP) is 4.09. The molecule has 2 aliphatic rings. The Kier molecular flexibility index (Phi) is 10.8. The zero-order chi connectivity index (χ0) is 22.2. The van der Waals surface area contributed by atoms with Gasteiger partial charge >= 0.3 is 192 Å². The molecule has 0 saturated carbocycles. The van der Waals surface area contributed by atoms with Crippen LogP contribution in [0.15, 0.2) is 0 Å². The third kappa shape index (κ3) is 5.17. The number of piperazine rings is 2. The van der Waals surface area contributed by atoms with Gasteiger partial charge in [-0.1, -0.05) is 0 Å². The van der Waals surface area contributed by atoms with Crippen LogP contribution < -0.4 is 0 Å². The zero-order valence-electron chi connectivity index (χ0n) is 20.8. The van der Waals surface area contributed by atoms with Gasteiger partial charge in [-0.05, 0) is 0 Å². The van der Waals surface area contributed by atoms with Gasteiger partial charge in [-0.25, -0.2) is 0 Å². The summed E-state index contributed by atoms with van der Waals surface area (Å²) in [6.45, 7) is 19.0. The van der Waals surface area contributed by atoms with Crippen molar-refractivity contribution in [1.29, 1.82) is 0 Å². The van der Waals surface area contributed by atoms with Gasteiger partial charge in [-0.3, -0.25) is 0 Å². The summed E-state index contributed by atoms with van der Waals surface area (Å²) in [7, 11) is 4.50. The molecule has 2 saturated heterocycles. The van der Waals surface area contributed by atoms with Crippen LogP contribution in [-0.2, 0) is 0 Å². The Hall–Kier alpha value is 0.480. The molecule has 0 spiro atoms. The minimum atomic E-state index is -3.16. The molecule has 2 rings (SSSR count).